The molecule has 9 heteroatoms. The molecule has 0 fully saturated rings. The molecule has 17 heavy (non-hydrogen) atoms. The van der Waals surface area contributed by atoms with Gasteiger partial charge >= 0.3 is 0 Å². The summed E-state index contributed by atoms with van der Waals surface area (Å²) < 4.78 is 27.4. The Hall–Kier alpha value is -2.16. The maximum Gasteiger partial charge on any atom is 0.265 e. The quantitative estimate of drug-likeness (QED) is 0.769. The molecular formula is C8H10N6O2S. The Balaban J connectivity index is 2.31. The molecule has 2 aromatic heterocycles. The van der Waals surface area contributed by atoms with Gasteiger partial charge in [0.25, 0.3) is 10.0 Å². The molecule has 8 nitrogen and oxygen atoms in total. The van der Waals surface area contributed by atoms with Gasteiger partial charge < -0.3 is 5.73 Å². The molecular weight excluding hydrogens is 244 g/mol. The van der Waals surface area contributed by atoms with E-state index < -0.39 is 10.0 Å². The molecule has 0 bridgehead atoms. The van der Waals surface area contributed by atoms with Gasteiger partial charge in [0.2, 0.25) is 5.95 Å². The molecule has 2 heterocycles. The number of sulfonamides is 1. The Kier molecular flexibility index (Phi) is 2.68. The number of pyridine rings is 1. The van der Waals surface area contributed by atoms with Crippen LogP contribution in [0.2, 0.25) is 0 Å². The topological polar surface area (TPSA) is 116 Å². The summed E-state index contributed by atoms with van der Waals surface area (Å²) in [6, 6.07) is 2.77. The van der Waals surface area contributed by atoms with Gasteiger partial charge in [0.15, 0.2) is 0 Å². The lowest BCUT2D eigenvalue weighted by Crippen LogP contribution is -2.16. The number of nitrogens with two attached hydrogens (primary N) is 1. The van der Waals surface area contributed by atoms with E-state index in [2.05, 4.69) is 19.8 Å². The number of nitrogens with zero attached hydrogens (tertiary/aromatic N) is 4. The molecule has 0 aliphatic rings. The Morgan fingerprint density at radius 2 is 2.12 bits per heavy atom. The van der Waals surface area contributed by atoms with Gasteiger partial charge in [0.1, 0.15) is 17.0 Å². The predicted octanol–water partition coefficient (Wildman–Crippen LogP) is -0.407. The number of rotatable bonds is 3. The molecule has 0 aromatic carbocycles. The van der Waals surface area contributed by atoms with Crippen molar-refractivity contribution in [1.29, 1.82) is 0 Å². The minimum Gasteiger partial charge on any atom is -0.384 e. The number of aryl methyl sites for hydroxylation is 1. The second-order valence-corrected chi connectivity index (χ2v) is 4.91. The summed E-state index contributed by atoms with van der Waals surface area (Å²) in [6.45, 7) is 0. The van der Waals surface area contributed by atoms with Crippen LogP contribution in [0.5, 0.6) is 0 Å². The molecule has 0 amide bonds. The lowest BCUT2D eigenvalue weighted by molar-refractivity contribution is 0.599. The maximum absolute atomic E-state index is 11.9. The van der Waals surface area contributed by atoms with Gasteiger partial charge in [0, 0.05) is 13.2 Å². The predicted molar refractivity (Wildman–Crippen MR) is 60.5 cm³/mol. The third kappa shape index (κ3) is 2.33. The van der Waals surface area contributed by atoms with Gasteiger partial charge in [-0.15, -0.1) is 0 Å². The number of hydrogen-bond acceptors (Lipinski definition) is 6. The molecule has 0 atom stereocenters. The normalized spacial score (nSPS) is 11.4. The molecule has 2 aromatic rings. The Labute approximate surface area is 97.6 Å². The molecule has 0 unspecified atom stereocenters. The van der Waals surface area contributed by atoms with Crippen molar-refractivity contribution in [3.05, 3.63) is 24.7 Å². The van der Waals surface area contributed by atoms with Gasteiger partial charge in [-0.1, -0.05) is 0 Å². The number of nitrogen functional groups attached to an aromatic ring is 1. The molecule has 0 aliphatic heterocycles. The highest BCUT2D eigenvalue weighted by Gasteiger charge is 2.16. The molecule has 0 saturated heterocycles. The number of hydrogen-bond donors (Lipinski definition) is 2. The summed E-state index contributed by atoms with van der Waals surface area (Å²) in [5.41, 5.74) is 5.38. The standard InChI is InChI=1S/C8H10N6O2S/c1-14-8(11-5-12-14)13-17(15,16)6-2-3-7(9)10-4-6/h2-5H,1H3,(H2,9,10)(H,11,12,13). The Morgan fingerprint density at radius 1 is 1.35 bits per heavy atom. The van der Waals surface area contributed by atoms with E-state index in [1.165, 1.54) is 29.3 Å². The lowest BCUT2D eigenvalue weighted by Gasteiger charge is -2.06. The first kappa shape index (κ1) is 11.3. The fourth-order valence-corrected chi connectivity index (χ4v) is 2.10. The fraction of sp³-hybridized carbons (Fsp3) is 0.125. The first-order valence-corrected chi connectivity index (χ1v) is 6.06. The van der Waals surface area contributed by atoms with Gasteiger partial charge in [-0.2, -0.15) is 10.1 Å². The van der Waals surface area contributed by atoms with Crippen molar-refractivity contribution in [2.24, 2.45) is 7.05 Å². The monoisotopic (exact) mass is 254 g/mol. The molecule has 3 N–H and O–H groups in total. The zero-order chi connectivity index (χ0) is 12.5. The van der Waals surface area contributed by atoms with Crippen molar-refractivity contribution in [3.8, 4) is 0 Å². The van der Waals surface area contributed by atoms with Crippen LogP contribution in [0.4, 0.5) is 11.8 Å². The average Bonchev–Trinajstić information content (AvgIpc) is 2.64. The molecule has 90 valence electrons. The second-order valence-electron chi connectivity index (χ2n) is 3.23. The van der Waals surface area contributed by atoms with E-state index in [9.17, 15) is 8.42 Å². The largest absolute Gasteiger partial charge is 0.384 e. The van der Waals surface area contributed by atoms with Crippen LogP contribution in [-0.2, 0) is 17.1 Å². The first-order valence-electron chi connectivity index (χ1n) is 4.57. The van der Waals surface area contributed by atoms with Crippen molar-refractivity contribution < 1.29 is 8.42 Å². The van der Waals surface area contributed by atoms with Crippen LogP contribution in [0.1, 0.15) is 0 Å². The Morgan fingerprint density at radius 3 is 2.65 bits per heavy atom. The van der Waals surface area contributed by atoms with Gasteiger partial charge in [-0.05, 0) is 12.1 Å². The summed E-state index contributed by atoms with van der Waals surface area (Å²) >= 11 is 0. The minimum atomic E-state index is -3.71. The van der Waals surface area contributed by atoms with E-state index >= 15 is 0 Å². The number of anilines is 2. The van der Waals surface area contributed by atoms with E-state index in [1.807, 2.05) is 0 Å². The van der Waals surface area contributed by atoms with E-state index in [-0.39, 0.29) is 16.7 Å². The van der Waals surface area contributed by atoms with Crippen LogP contribution >= 0.6 is 0 Å². The minimum absolute atomic E-state index is 0.00898. The number of nitrogens with one attached hydrogen (secondary N) is 1. The van der Waals surface area contributed by atoms with Crippen LogP contribution in [-0.4, -0.2) is 28.2 Å². The molecule has 2 rings (SSSR count). The van der Waals surface area contributed by atoms with Gasteiger partial charge in [0.05, 0.1) is 0 Å². The van der Waals surface area contributed by atoms with E-state index in [0.29, 0.717) is 0 Å². The highest BCUT2D eigenvalue weighted by atomic mass is 32.2. The SMILES string of the molecule is Cn1ncnc1NS(=O)(=O)c1ccc(N)nc1. The van der Waals surface area contributed by atoms with E-state index in [0.717, 1.165) is 0 Å². The van der Waals surface area contributed by atoms with Crippen molar-refractivity contribution >= 4 is 21.8 Å². The second kappa shape index (κ2) is 4.01. The third-order valence-corrected chi connectivity index (χ3v) is 3.32. The molecule has 0 spiro atoms. The average molecular weight is 254 g/mol. The lowest BCUT2D eigenvalue weighted by atomic mass is 10.5. The van der Waals surface area contributed by atoms with Crippen molar-refractivity contribution in [3.63, 3.8) is 0 Å². The number of aromatic nitrogens is 4. The smallest absolute Gasteiger partial charge is 0.265 e. The summed E-state index contributed by atoms with van der Waals surface area (Å²) in [4.78, 5) is 7.48. The summed E-state index contributed by atoms with van der Waals surface area (Å²) in [6.07, 6.45) is 2.42. The molecule has 0 saturated carbocycles. The maximum atomic E-state index is 11.9. The first-order chi connectivity index (χ1) is 7.99. The Bertz CT molecular complexity index is 618. The third-order valence-electron chi connectivity index (χ3n) is 2.01. The highest BCUT2D eigenvalue weighted by Crippen LogP contribution is 2.12. The van der Waals surface area contributed by atoms with Gasteiger partial charge in [-0.25, -0.2) is 22.8 Å². The van der Waals surface area contributed by atoms with Crippen LogP contribution in [0.15, 0.2) is 29.6 Å². The van der Waals surface area contributed by atoms with Crippen LogP contribution in [0, 0.1) is 0 Å². The fourth-order valence-electron chi connectivity index (χ4n) is 1.12. The van der Waals surface area contributed by atoms with Crippen molar-refractivity contribution in [1.82, 2.24) is 19.7 Å². The highest BCUT2D eigenvalue weighted by molar-refractivity contribution is 7.92. The van der Waals surface area contributed by atoms with E-state index in [1.54, 1.807) is 7.05 Å². The van der Waals surface area contributed by atoms with Crippen LogP contribution < -0.4 is 10.5 Å². The zero-order valence-corrected chi connectivity index (χ0v) is 9.72. The van der Waals surface area contributed by atoms with Crippen molar-refractivity contribution in [2.45, 2.75) is 4.90 Å². The summed E-state index contributed by atoms with van der Waals surface area (Å²) in [5.74, 6) is 0.379. The van der Waals surface area contributed by atoms with Crippen LogP contribution in [0.25, 0.3) is 0 Å². The summed E-state index contributed by atoms with van der Waals surface area (Å²) in [5, 5.41) is 3.75. The van der Waals surface area contributed by atoms with Gasteiger partial charge in [-0.3, -0.25) is 0 Å². The molecule has 0 radical (unpaired) electrons. The zero-order valence-electron chi connectivity index (χ0n) is 8.90. The molecule has 0 aliphatic carbocycles. The van der Waals surface area contributed by atoms with Crippen molar-refractivity contribution in [2.75, 3.05) is 10.5 Å². The van der Waals surface area contributed by atoms with E-state index in [4.69, 9.17) is 5.73 Å². The van der Waals surface area contributed by atoms with Crippen LogP contribution in [0.3, 0.4) is 0 Å². The summed E-state index contributed by atoms with van der Waals surface area (Å²) in [7, 11) is -2.14.